The average Bonchev–Trinajstić information content (AvgIpc) is 2.92. The van der Waals surface area contributed by atoms with Gasteiger partial charge in [-0.05, 0) is 42.8 Å². The van der Waals surface area contributed by atoms with E-state index in [2.05, 4.69) is 5.32 Å². The summed E-state index contributed by atoms with van der Waals surface area (Å²) >= 11 is 5.90. The summed E-state index contributed by atoms with van der Waals surface area (Å²) in [7, 11) is 1.56. The summed E-state index contributed by atoms with van der Waals surface area (Å²) < 4.78 is 18.7. The van der Waals surface area contributed by atoms with Gasteiger partial charge < -0.3 is 15.0 Å². The molecule has 158 valence electrons. The molecule has 0 saturated carbocycles. The van der Waals surface area contributed by atoms with E-state index in [9.17, 15) is 18.8 Å². The van der Waals surface area contributed by atoms with E-state index in [1.165, 1.54) is 36.1 Å². The Morgan fingerprint density at radius 3 is 2.60 bits per heavy atom. The minimum atomic E-state index is -1.36. The van der Waals surface area contributed by atoms with Crippen molar-refractivity contribution in [2.24, 2.45) is 0 Å². The van der Waals surface area contributed by atoms with E-state index in [1.54, 1.807) is 31.3 Å². The van der Waals surface area contributed by atoms with Crippen LogP contribution < -0.4 is 10.1 Å². The van der Waals surface area contributed by atoms with E-state index in [0.29, 0.717) is 16.3 Å². The summed E-state index contributed by atoms with van der Waals surface area (Å²) in [5, 5.41) is 3.13. The molecule has 1 saturated heterocycles. The summed E-state index contributed by atoms with van der Waals surface area (Å²) in [5.74, 6) is -0.868. The number of likely N-dealkylation sites (N-methyl/N-ethyl adjacent to an activating group) is 1. The van der Waals surface area contributed by atoms with Gasteiger partial charge >= 0.3 is 6.03 Å². The number of urea groups is 1. The normalized spacial score (nSPS) is 18.3. The van der Waals surface area contributed by atoms with Crippen molar-refractivity contribution < 1.29 is 23.5 Å². The van der Waals surface area contributed by atoms with Gasteiger partial charge in [-0.25, -0.2) is 9.18 Å². The molecule has 0 aliphatic carbocycles. The van der Waals surface area contributed by atoms with Crippen molar-refractivity contribution in [3.63, 3.8) is 0 Å². The molecule has 30 heavy (non-hydrogen) atoms. The quantitative estimate of drug-likeness (QED) is 0.681. The molecular weight excluding hydrogens is 413 g/mol. The lowest BCUT2D eigenvalue weighted by Crippen LogP contribution is -2.44. The van der Waals surface area contributed by atoms with Crippen LogP contribution in [0.2, 0.25) is 5.02 Å². The van der Waals surface area contributed by atoms with Gasteiger partial charge in [-0.3, -0.25) is 14.5 Å². The first-order chi connectivity index (χ1) is 14.2. The van der Waals surface area contributed by atoms with E-state index in [4.69, 9.17) is 16.3 Å². The van der Waals surface area contributed by atoms with Gasteiger partial charge in [-0.2, -0.15) is 0 Å². The zero-order valence-electron chi connectivity index (χ0n) is 16.5. The van der Waals surface area contributed by atoms with Crippen LogP contribution in [0.3, 0.4) is 0 Å². The lowest BCUT2D eigenvalue weighted by Gasteiger charge is -2.23. The van der Waals surface area contributed by atoms with Crippen LogP contribution in [0.25, 0.3) is 0 Å². The molecule has 1 fully saturated rings. The number of halogens is 2. The van der Waals surface area contributed by atoms with Crippen LogP contribution in [0.4, 0.5) is 9.18 Å². The molecule has 4 amide bonds. The van der Waals surface area contributed by atoms with Crippen LogP contribution in [0, 0.1) is 5.82 Å². The molecule has 7 nitrogen and oxygen atoms in total. The Bertz CT molecular complexity index is 969. The zero-order valence-corrected chi connectivity index (χ0v) is 17.3. The summed E-state index contributed by atoms with van der Waals surface area (Å²) in [6, 6.07) is 11.5. The third-order valence-corrected chi connectivity index (χ3v) is 5.14. The third-order valence-electron chi connectivity index (χ3n) is 4.91. The van der Waals surface area contributed by atoms with Crippen molar-refractivity contribution in [1.29, 1.82) is 0 Å². The molecule has 0 radical (unpaired) electrons. The largest absolute Gasteiger partial charge is 0.492 e. The second kappa shape index (κ2) is 8.71. The van der Waals surface area contributed by atoms with Crippen molar-refractivity contribution in [3.8, 4) is 5.75 Å². The SMILES string of the molecule is CN(CCOc1cccc(Cl)c1)C(=O)CN1C(=O)N[C@](C)(c2ccc(F)cc2)C1=O. The van der Waals surface area contributed by atoms with Gasteiger partial charge in [0.15, 0.2) is 0 Å². The number of imide groups is 1. The Morgan fingerprint density at radius 1 is 1.23 bits per heavy atom. The molecule has 1 N–H and O–H groups in total. The number of benzene rings is 2. The van der Waals surface area contributed by atoms with Crippen LogP contribution >= 0.6 is 11.6 Å². The monoisotopic (exact) mass is 433 g/mol. The molecule has 3 rings (SSSR count). The van der Waals surface area contributed by atoms with Crippen LogP contribution in [0.5, 0.6) is 5.75 Å². The number of hydrogen-bond acceptors (Lipinski definition) is 4. The molecule has 9 heteroatoms. The first-order valence-corrected chi connectivity index (χ1v) is 9.61. The van der Waals surface area contributed by atoms with E-state index in [0.717, 1.165) is 4.90 Å². The number of nitrogens with zero attached hydrogens (tertiary/aromatic N) is 2. The number of rotatable bonds is 7. The van der Waals surface area contributed by atoms with Gasteiger partial charge in [0, 0.05) is 12.1 Å². The Morgan fingerprint density at radius 2 is 1.93 bits per heavy atom. The van der Waals surface area contributed by atoms with Crippen LogP contribution in [-0.4, -0.2) is 54.4 Å². The maximum atomic E-state index is 13.2. The number of carbonyl (C=O) groups is 3. The number of hydrogen-bond donors (Lipinski definition) is 1. The van der Waals surface area contributed by atoms with E-state index in [1.807, 2.05) is 0 Å². The maximum Gasteiger partial charge on any atom is 0.325 e. The summed E-state index contributed by atoms with van der Waals surface area (Å²) in [5.41, 5.74) is -0.931. The van der Waals surface area contributed by atoms with Crippen molar-refractivity contribution in [1.82, 2.24) is 15.1 Å². The lowest BCUT2D eigenvalue weighted by molar-refractivity contribution is -0.138. The highest BCUT2D eigenvalue weighted by atomic mass is 35.5. The fourth-order valence-electron chi connectivity index (χ4n) is 3.06. The first kappa shape index (κ1) is 21.6. The van der Waals surface area contributed by atoms with Crippen LogP contribution in [-0.2, 0) is 15.1 Å². The van der Waals surface area contributed by atoms with Crippen molar-refractivity contribution in [2.45, 2.75) is 12.5 Å². The van der Waals surface area contributed by atoms with E-state index < -0.39 is 35.7 Å². The fourth-order valence-corrected chi connectivity index (χ4v) is 3.24. The average molecular weight is 434 g/mol. The smallest absolute Gasteiger partial charge is 0.325 e. The predicted octanol–water partition coefficient (Wildman–Crippen LogP) is 2.78. The van der Waals surface area contributed by atoms with Crippen molar-refractivity contribution in [3.05, 3.63) is 64.9 Å². The van der Waals surface area contributed by atoms with Gasteiger partial charge in [0.1, 0.15) is 30.3 Å². The topological polar surface area (TPSA) is 79.0 Å². The molecule has 0 spiro atoms. The Balaban J connectivity index is 1.58. The van der Waals surface area contributed by atoms with Gasteiger partial charge in [0.05, 0.1) is 6.54 Å². The van der Waals surface area contributed by atoms with Gasteiger partial charge in [0.25, 0.3) is 5.91 Å². The van der Waals surface area contributed by atoms with Crippen molar-refractivity contribution in [2.75, 3.05) is 26.7 Å². The summed E-state index contributed by atoms with van der Waals surface area (Å²) in [6.07, 6.45) is 0. The Kier molecular flexibility index (Phi) is 6.26. The summed E-state index contributed by atoms with van der Waals surface area (Å²) in [6.45, 7) is 1.59. The molecule has 0 aromatic heterocycles. The van der Waals surface area contributed by atoms with Crippen LogP contribution in [0.15, 0.2) is 48.5 Å². The molecule has 1 heterocycles. The molecule has 2 aromatic carbocycles. The van der Waals surface area contributed by atoms with E-state index in [-0.39, 0.29) is 13.2 Å². The molecule has 1 aliphatic heterocycles. The van der Waals surface area contributed by atoms with Crippen molar-refractivity contribution >= 4 is 29.4 Å². The number of carbonyl (C=O) groups excluding carboxylic acids is 3. The highest BCUT2D eigenvalue weighted by Crippen LogP contribution is 2.28. The fraction of sp³-hybridized carbons (Fsp3) is 0.286. The Labute approximate surface area is 178 Å². The molecule has 0 bridgehead atoms. The molecule has 1 atom stereocenters. The highest BCUT2D eigenvalue weighted by molar-refractivity contribution is 6.30. The predicted molar refractivity (Wildman–Crippen MR) is 109 cm³/mol. The second-order valence-electron chi connectivity index (χ2n) is 7.07. The first-order valence-electron chi connectivity index (χ1n) is 9.23. The third kappa shape index (κ3) is 4.54. The summed E-state index contributed by atoms with van der Waals surface area (Å²) in [4.78, 5) is 39.9. The van der Waals surface area contributed by atoms with Gasteiger partial charge in [-0.15, -0.1) is 0 Å². The Hall–Kier alpha value is -3.13. The minimum Gasteiger partial charge on any atom is -0.492 e. The molecular formula is C21H21ClFN3O4. The molecule has 2 aromatic rings. The number of ether oxygens (including phenoxy) is 1. The standard InChI is InChI=1S/C21H21ClFN3O4/c1-21(14-6-8-16(23)9-7-14)19(28)26(20(29)24-21)13-18(27)25(2)10-11-30-17-5-3-4-15(22)12-17/h3-9,12H,10-11,13H2,1-2H3,(H,24,29)/t21-/m1/s1. The van der Waals surface area contributed by atoms with E-state index >= 15 is 0 Å². The number of amides is 4. The number of nitrogens with one attached hydrogen (secondary N) is 1. The molecule has 0 unspecified atom stereocenters. The second-order valence-corrected chi connectivity index (χ2v) is 7.51. The maximum absolute atomic E-state index is 13.2. The van der Waals surface area contributed by atoms with Gasteiger partial charge in [-0.1, -0.05) is 29.8 Å². The van der Waals surface area contributed by atoms with Crippen LogP contribution in [0.1, 0.15) is 12.5 Å². The lowest BCUT2D eigenvalue weighted by atomic mass is 9.92. The minimum absolute atomic E-state index is 0.218. The zero-order chi connectivity index (χ0) is 21.9. The highest BCUT2D eigenvalue weighted by Gasteiger charge is 2.49. The molecule has 1 aliphatic rings. The van der Waals surface area contributed by atoms with Gasteiger partial charge in [0.2, 0.25) is 5.91 Å².